The molecular formula is C6H8BIN. The van der Waals surface area contributed by atoms with Crippen LogP contribution in [0.25, 0.3) is 0 Å². The van der Waals surface area contributed by atoms with Gasteiger partial charge in [-0.05, 0) is 17.2 Å². The smallest absolute Gasteiger partial charge is 0.165 e. The molecular weight excluding hydrogens is 224 g/mol. The van der Waals surface area contributed by atoms with Gasteiger partial charge in [-0.2, -0.15) is 0 Å². The van der Waals surface area contributed by atoms with Crippen LogP contribution in [0.2, 0.25) is 0 Å². The summed E-state index contributed by atoms with van der Waals surface area (Å²) in [7, 11) is 2.11. The van der Waals surface area contributed by atoms with Gasteiger partial charge in [-0.3, -0.25) is 0 Å². The fraction of sp³-hybridized carbons (Fsp3) is 0.500. The highest BCUT2D eigenvalue weighted by atomic mass is 127. The zero-order valence-electron chi connectivity index (χ0n) is 5.15. The maximum absolute atomic E-state index is 7.41. The number of allylic oxidation sites excluding steroid dienone is 2. The Balaban J connectivity index is 2.47. The monoisotopic (exact) mass is 232 g/mol. The van der Waals surface area contributed by atoms with E-state index in [4.69, 9.17) is 5.41 Å². The second-order valence-corrected chi connectivity index (χ2v) is 2.92. The summed E-state index contributed by atoms with van der Waals surface area (Å²) in [5.41, 5.74) is 1.97. The second-order valence-electron chi connectivity index (χ2n) is 2.04. The first-order valence-corrected chi connectivity index (χ1v) is 4.54. The molecule has 0 aliphatic heterocycles. The quantitative estimate of drug-likeness (QED) is 0.426. The van der Waals surface area contributed by atoms with Crippen molar-refractivity contribution in [2.24, 2.45) is 0 Å². The predicted molar refractivity (Wildman–Crippen MR) is 49.7 cm³/mol. The first kappa shape index (κ1) is 7.31. The number of hydrogen-bond acceptors (Lipinski definition) is 1. The lowest BCUT2D eigenvalue weighted by molar-refractivity contribution is 1.13. The molecule has 0 amide bonds. The molecule has 0 spiro atoms. The Morgan fingerprint density at radius 2 is 2.56 bits per heavy atom. The average Bonchev–Trinajstić information content (AvgIpc) is 2.18. The lowest BCUT2D eigenvalue weighted by Crippen LogP contribution is -2.04. The van der Waals surface area contributed by atoms with E-state index in [2.05, 4.69) is 35.9 Å². The first-order valence-electron chi connectivity index (χ1n) is 3.01. The number of halogens is 1. The molecule has 0 fully saturated rings. The number of hydrogen-bond donors (Lipinski definition) is 1. The number of rotatable bonds is 2. The van der Waals surface area contributed by atoms with Crippen LogP contribution >= 0.6 is 22.6 Å². The molecule has 1 rings (SSSR count). The van der Waals surface area contributed by atoms with Crippen molar-refractivity contribution in [1.82, 2.24) is 0 Å². The van der Waals surface area contributed by atoms with Gasteiger partial charge in [0, 0.05) is 5.71 Å². The van der Waals surface area contributed by atoms with Crippen molar-refractivity contribution >= 4 is 35.6 Å². The molecule has 1 N–H and O–H groups in total. The van der Waals surface area contributed by atoms with Crippen LogP contribution in [0, 0.1) is 5.41 Å². The van der Waals surface area contributed by atoms with E-state index in [-0.39, 0.29) is 0 Å². The van der Waals surface area contributed by atoms with Crippen molar-refractivity contribution in [3.05, 3.63) is 11.5 Å². The predicted octanol–water partition coefficient (Wildman–Crippen LogP) is 1.78. The first-order chi connectivity index (χ1) is 4.34. The Labute approximate surface area is 69.8 Å². The van der Waals surface area contributed by atoms with Gasteiger partial charge in [0.25, 0.3) is 0 Å². The third-order valence-corrected chi connectivity index (χ3v) is 1.84. The van der Waals surface area contributed by atoms with E-state index >= 15 is 0 Å². The van der Waals surface area contributed by atoms with E-state index in [1.807, 2.05) is 0 Å². The van der Waals surface area contributed by atoms with Crippen LogP contribution in [0.3, 0.4) is 0 Å². The molecule has 0 heterocycles. The van der Waals surface area contributed by atoms with Crippen molar-refractivity contribution in [2.45, 2.75) is 12.8 Å². The molecule has 0 atom stereocenters. The molecule has 47 valence electrons. The van der Waals surface area contributed by atoms with E-state index in [1.54, 1.807) is 0 Å². The zero-order valence-corrected chi connectivity index (χ0v) is 7.31. The molecule has 0 saturated carbocycles. The lowest BCUT2D eigenvalue weighted by Gasteiger charge is -1.94. The minimum atomic E-state index is 0.812. The molecule has 3 heteroatoms. The molecule has 1 nitrogen and oxygen atoms in total. The third kappa shape index (κ3) is 1.81. The van der Waals surface area contributed by atoms with Crippen LogP contribution < -0.4 is 0 Å². The van der Waals surface area contributed by atoms with E-state index in [9.17, 15) is 0 Å². The van der Waals surface area contributed by atoms with Crippen molar-refractivity contribution in [3.63, 3.8) is 0 Å². The van der Waals surface area contributed by atoms with Crippen LogP contribution in [-0.2, 0) is 0 Å². The maximum Gasteiger partial charge on any atom is 0.165 e. The van der Waals surface area contributed by atoms with Crippen LogP contribution in [0.1, 0.15) is 12.8 Å². The summed E-state index contributed by atoms with van der Waals surface area (Å²) >= 11 is 2.29. The van der Waals surface area contributed by atoms with Crippen LogP contribution in [0.15, 0.2) is 11.5 Å². The van der Waals surface area contributed by atoms with Gasteiger partial charge in [-0.1, -0.05) is 34.1 Å². The molecule has 1 aliphatic rings. The standard InChI is InChI=1S/C6H8BIN/c8-4-7-5-2-1-3-6(5)9/h2,9H,1,3-4H2. The Bertz CT molecular complexity index is 153. The zero-order chi connectivity index (χ0) is 6.69. The molecule has 0 aromatic carbocycles. The van der Waals surface area contributed by atoms with Crippen molar-refractivity contribution in [3.8, 4) is 0 Å². The summed E-state index contributed by atoms with van der Waals surface area (Å²) in [5.74, 6) is 0. The molecule has 0 aromatic rings. The molecule has 0 bridgehead atoms. The van der Waals surface area contributed by atoms with Crippen LogP contribution in [0.5, 0.6) is 0 Å². The van der Waals surface area contributed by atoms with Crippen molar-refractivity contribution < 1.29 is 0 Å². The molecule has 1 radical (unpaired) electrons. The van der Waals surface area contributed by atoms with Gasteiger partial charge >= 0.3 is 0 Å². The highest BCUT2D eigenvalue weighted by Gasteiger charge is 2.09. The summed E-state index contributed by atoms with van der Waals surface area (Å²) in [4.78, 5) is 0. The summed E-state index contributed by atoms with van der Waals surface area (Å²) in [5, 5.41) is 7.41. The summed E-state index contributed by atoms with van der Waals surface area (Å²) in [6.45, 7) is 0. The Morgan fingerprint density at radius 1 is 1.78 bits per heavy atom. The minimum Gasteiger partial charge on any atom is -0.306 e. The van der Waals surface area contributed by atoms with E-state index < -0.39 is 0 Å². The van der Waals surface area contributed by atoms with Gasteiger partial charge in [0.1, 0.15) is 0 Å². The number of nitrogens with one attached hydrogen (secondary N) is 1. The van der Waals surface area contributed by atoms with Crippen LogP contribution in [0.4, 0.5) is 0 Å². The van der Waals surface area contributed by atoms with E-state index in [1.165, 1.54) is 0 Å². The van der Waals surface area contributed by atoms with Gasteiger partial charge < -0.3 is 5.41 Å². The fourth-order valence-corrected chi connectivity index (χ4v) is 1.40. The van der Waals surface area contributed by atoms with Crippen LogP contribution in [-0.4, -0.2) is 17.3 Å². The topological polar surface area (TPSA) is 23.9 Å². The SMILES string of the molecule is N=C1CCC=C1[B]CI. The molecule has 0 saturated heterocycles. The highest BCUT2D eigenvalue weighted by molar-refractivity contribution is 14.1. The third-order valence-electron chi connectivity index (χ3n) is 1.40. The highest BCUT2D eigenvalue weighted by Crippen LogP contribution is 2.12. The van der Waals surface area contributed by atoms with Gasteiger partial charge in [-0.15, -0.1) is 0 Å². The van der Waals surface area contributed by atoms with E-state index in [0.29, 0.717) is 0 Å². The Kier molecular flexibility index (Phi) is 2.76. The summed E-state index contributed by atoms with van der Waals surface area (Å²) < 4.78 is 1.02. The van der Waals surface area contributed by atoms with Crippen molar-refractivity contribution in [1.29, 1.82) is 5.41 Å². The average molecular weight is 232 g/mol. The molecule has 1 aliphatic carbocycles. The summed E-state index contributed by atoms with van der Waals surface area (Å²) in [6, 6.07) is 0. The number of alkyl halides is 1. The Hall–Kier alpha value is 0.205. The molecule has 0 unspecified atom stereocenters. The van der Waals surface area contributed by atoms with Gasteiger partial charge in [0.15, 0.2) is 7.28 Å². The minimum absolute atomic E-state index is 0.812. The normalized spacial score (nSPS) is 17.9. The molecule has 0 aromatic heterocycles. The van der Waals surface area contributed by atoms with Gasteiger partial charge in [0.05, 0.1) is 0 Å². The maximum atomic E-state index is 7.41. The van der Waals surface area contributed by atoms with Gasteiger partial charge in [-0.25, -0.2) is 0 Å². The largest absolute Gasteiger partial charge is 0.306 e. The fourth-order valence-electron chi connectivity index (χ4n) is 0.929. The molecule has 9 heavy (non-hydrogen) atoms. The van der Waals surface area contributed by atoms with Gasteiger partial charge in [0.2, 0.25) is 0 Å². The lowest BCUT2D eigenvalue weighted by atomic mass is 9.71. The van der Waals surface area contributed by atoms with Crippen molar-refractivity contribution in [2.75, 3.05) is 4.33 Å². The second kappa shape index (κ2) is 3.39. The summed E-state index contributed by atoms with van der Waals surface area (Å²) in [6.07, 6.45) is 4.16. The Morgan fingerprint density at radius 3 is 3.00 bits per heavy atom. The van der Waals surface area contributed by atoms with E-state index in [0.717, 1.165) is 28.4 Å².